The molecule has 6 rings (SSSR count). The summed E-state index contributed by atoms with van der Waals surface area (Å²) in [4.78, 5) is 11.1. The van der Waals surface area contributed by atoms with E-state index in [1.807, 2.05) is 0 Å². The van der Waals surface area contributed by atoms with Crippen molar-refractivity contribution in [2.45, 2.75) is 236 Å². The van der Waals surface area contributed by atoms with Crippen LogP contribution in [0, 0.1) is 0 Å². The molecule has 0 spiro atoms. The Morgan fingerprint density at radius 1 is 0.229 bits per heavy atom. The summed E-state index contributed by atoms with van der Waals surface area (Å²) in [7, 11) is 0. The molecule has 0 aliphatic carbocycles. The summed E-state index contributed by atoms with van der Waals surface area (Å²) in [5.74, 6) is 2.75. The second-order valence-corrected chi connectivity index (χ2v) is 30.0. The Morgan fingerprint density at radius 2 is 0.357 bits per heavy atom. The van der Waals surface area contributed by atoms with Gasteiger partial charge in [-0.3, -0.25) is 0 Å². The Labute approximate surface area is 430 Å². The van der Waals surface area contributed by atoms with E-state index in [9.17, 15) is 0 Å². The van der Waals surface area contributed by atoms with E-state index in [-0.39, 0.29) is 43.3 Å². The van der Waals surface area contributed by atoms with Crippen LogP contribution in [0.5, 0.6) is 0 Å². The molecule has 384 valence electrons. The van der Waals surface area contributed by atoms with Crippen molar-refractivity contribution >= 4 is 0 Å². The fraction of sp³-hybridized carbons (Fsp3) is 0.606. The lowest BCUT2D eigenvalue weighted by Crippen LogP contribution is -2.34. The van der Waals surface area contributed by atoms with Crippen molar-refractivity contribution in [3.8, 4) is 0 Å². The van der Waals surface area contributed by atoms with Gasteiger partial charge in [-0.1, -0.05) is 239 Å². The molecular formula is C66H100N4. The summed E-state index contributed by atoms with van der Waals surface area (Å²) >= 11 is 0. The first kappa shape index (κ1) is 55.1. The molecule has 0 atom stereocenters. The Bertz CT molecular complexity index is 2050. The van der Waals surface area contributed by atoms with Crippen LogP contribution < -0.4 is 0 Å². The molecule has 70 heavy (non-hydrogen) atoms. The van der Waals surface area contributed by atoms with Crippen molar-refractivity contribution in [3.63, 3.8) is 0 Å². The highest BCUT2D eigenvalue weighted by molar-refractivity contribution is 5.42. The Kier molecular flexibility index (Phi) is 15.0. The van der Waals surface area contributed by atoms with Crippen LogP contribution in [0.1, 0.15) is 233 Å². The SMILES string of the molecule is CC(C)(C)c1cc(CN2CCN(Cc3cc(C(C)(C)C)cc(C(C)(C)C)c3)C2=C2N(Cc3cc(C(C)(C)C)cc(C(C)(C)C)c3)CCN2Cc2cc(C(C)(C)C)cc(C(C)(C)C)c2)cc(C(C)(C)C)c1. The molecule has 0 amide bonds. The third-order valence-electron chi connectivity index (χ3n) is 15.1. The average Bonchev–Trinajstić information content (AvgIpc) is 3.75. The van der Waals surface area contributed by atoms with Crippen molar-refractivity contribution in [1.29, 1.82) is 0 Å². The van der Waals surface area contributed by atoms with E-state index in [1.165, 1.54) is 78.4 Å². The number of benzene rings is 4. The number of rotatable bonds is 8. The van der Waals surface area contributed by atoms with Crippen molar-refractivity contribution < 1.29 is 0 Å². The van der Waals surface area contributed by atoms with Gasteiger partial charge in [0.1, 0.15) is 11.6 Å². The second kappa shape index (κ2) is 19.0. The van der Waals surface area contributed by atoms with Gasteiger partial charge in [0.2, 0.25) is 0 Å². The lowest BCUT2D eigenvalue weighted by atomic mass is 9.79. The van der Waals surface area contributed by atoms with Crippen LogP contribution in [0.15, 0.2) is 84.4 Å². The minimum atomic E-state index is 0.0389. The van der Waals surface area contributed by atoms with Crippen molar-refractivity contribution in [3.05, 3.63) is 151 Å². The van der Waals surface area contributed by atoms with Gasteiger partial charge in [-0.05, 0) is 110 Å². The normalized spacial score (nSPS) is 16.1. The zero-order chi connectivity index (χ0) is 52.5. The molecule has 4 aromatic rings. The van der Waals surface area contributed by atoms with Crippen molar-refractivity contribution in [2.75, 3.05) is 26.2 Å². The molecule has 4 heteroatoms. The average molecular weight is 950 g/mol. The van der Waals surface area contributed by atoms with E-state index in [2.05, 4.69) is 259 Å². The predicted octanol–water partition coefficient (Wildman–Crippen LogP) is 16.5. The van der Waals surface area contributed by atoms with Crippen LogP contribution in [-0.4, -0.2) is 45.8 Å². The van der Waals surface area contributed by atoms with Gasteiger partial charge >= 0.3 is 0 Å². The van der Waals surface area contributed by atoms with E-state index in [1.54, 1.807) is 0 Å². The maximum absolute atomic E-state index is 2.77. The maximum atomic E-state index is 2.77. The fourth-order valence-corrected chi connectivity index (χ4v) is 9.97. The van der Waals surface area contributed by atoms with Crippen LogP contribution in [0.2, 0.25) is 0 Å². The van der Waals surface area contributed by atoms with Gasteiger partial charge in [-0.25, -0.2) is 0 Å². The lowest BCUT2D eigenvalue weighted by Gasteiger charge is -2.35. The van der Waals surface area contributed by atoms with E-state index in [0.717, 1.165) is 52.4 Å². The molecule has 2 aliphatic heterocycles. The summed E-state index contributed by atoms with van der Waals surface area (Å²) in [6, 6.07) is 30.1. The topological polar surface area (TPSA) is 13.0 Å². The summed E-state index contributed by atoms with van der Waals surface area (Å²) in [6.07, 6.45) is 0. The van der Waals surface area contributed by atoms with Gasteiger partial charge in [-0.2, -0.15) is 0 Å². The molecule has 2 heterocycles. The van der Waals surface area contributed by atoms with Gasteiger partial charge in [-0.15, -0.1) is 0 Å². The molecule has 4 aromatic carbocycles. The molecule has 2 fully saturated rings. The van der Waals surface area contributed by atoms with Crippen LogP contribution in [0.4, 0.5) is 0 Å². The monoisotopic (exact) mass is 949 g/mol. The Hall–Kier alpha value is -4.18. The summed E-state index contributed by atoms with van der Waals surface area (Å²) in [6.45, 7) is 64.2. The van der Waals surface area contributed by atoms with Crippen molar-refractivity contribution in [1.82, 2.24) is 19.6 Å². The molecule has 0 radical (unpaired) electrons. The second-order valence-electron chi connectivity index (χ2n) is 30.0. The third kappa shape index (κ3) is 13.3. The molecule has 0 unspecified atom stereocenters. The van der Waals surface area contributed by atoms with Gasteiger partial charge < -0.3 is 19.6 Å². The highest BCUT2D eigenvalue weighted by atomic mass is 15.5. The zero-order valence-electron chi connectivity index (χ0n) is 49.4. The minimum Gasteiger partial charge on any atom is -0.349 e. The lowest BCUT2D eigenvalue weighted by molar-refractivity contribution is 0.244. The first-order valence-corrected chi connectivity index (χ1v) is 27.0. The van der Waals surface area contributed by atoms with Gasteiger partial charge in [0.15, 0.2) is 0 Å². The Morgan fingerprint density at radius 3 is 0.471 bits per heavy atom. The highest BCUT2D eigenvalue weighted by Gasteiger charge is 2.38. The molecule has 2 saturated heterocycles. The number of nitrogens with zero attached hydrogens (tertiary/aromatic N) is 4. The van der Waals surface area contributed by atoms with E-state index in [0.29, 0.717) is 0 Å². The van der Waals surface area contributed by atoms with E-state index >= 15 is 0 Å². The smallest absolute Gasteiger partial charge is 0.146 e. The Balaban J connectivity index is 1.63. The third-order valence-corrected chi connectivity index (χ3v) is 15.1. The maximum Gasteiger partial charge on any atom is 0.146 e. The van der Waals surface area contributed by atoms with E-state index in [4.69, 9.17) is 0 Å². The quantitative estimate of drug-likeness (QED) is 0.174. The van der Waals surface area contributed by atoms with Crippen LogP contribution in [0.25, 0.3) is 0 Å². The van der Waals surface area contributed by atoms with Gasteiger partial charge in [0.05, 0.1) is 0 Å². The van der Waals surface area contributed by atoms with Crippen LogP contribution in [0.3, 0.4) is 0 Å². The molecular weight excluding hydrogens is 849 g/mol. The molecule has 0 aromatic heterocycles. The fourth-order valence-electron chi connectivity index (χ4n) is 9.97. The highest BCUT2D eigenvalue weighted by Crippen LogP contribution is 2.40. The molecule has 2 aliphatic rings. The molecule has 0 saturated carbocycles. The molecule has 0 N–H and O–H groups in total. The summed E-state index contributed by atoms with van der Waals surface area (Å²) in [5.41, 5.74) is 17.2. The molecule has 0 bridgehead atoms. The van der Waals surface area contributed by atoms with E-state index < -0.39 is 0 Å². The molecule has 4 nitrogen and oxygen atoms in total. The van der Waals surface area contributed by atoms with Crippen LogP contribution in [-0.2, 0) is 69.5 Å². The van der Waals surface area contributed by atoms with Gasteiger partial charge in [0.25, 0.3) is 0 Å². The predicted molar refractivity (Wildman–Crippen MR) is 304 cm³/mol. The number of hydrogen-bond acceptors (Lipinski definition) is 4. The largest absolute Gasteiger partial charge is 0.349 e. The van der Waals surface area contributed by atoms with Gasteiger partial charge in [0, 0.05) is 52.4 Å². The standard InChI is InChI=1S/C66H100N4/c1-59(2,3)49-29-45(30-50(37-49)60(4,5)6)41-67-25-26-68(42-46-31-51(61(7,8)9)38-52(32-46)62(10,11)12)57(67)58-69(43-47-33-53(63(13,14)15)39-54(34-47)64(16,17)18)27-28-70(58)44-48-35-55(65(19,20)21)40-56(36-48)66(22,23)24/h29-40H,25-28,41-44H2,1-24H3. The van der Waals surface area contributed by atoms with Crippen LogP contribution >= 0.6 is 0 Å². The zero-order valence-corrected chi connectivity index (χ0v) is 49.4. The summed E-state index contributed by atoms with van der Waals surface area (Å²) in [5, 5.41) is 0. The summed E-state index contributed by atoms with van der Waals surface area (Å²) < 4.78 is 0. The number of hydrogen-bond donors (Lipinski definition) is 0. The first-order valence-electron chi connectivity index (χ1n) is 27.0. The minimum absolute atomic E-state index is 0.0389. The first-order chi connectivity index (χ1) is 31.7. The van der Waals surface area contributed by atoms with Crippen molar-refractivity contribution in [2.24, 2.45) is 0 Å².